The first-order valence-electron chi connectivity index (χ1n) is 8.30. The quantitative estimate of drug-likeness (QED) is 0.782. The number of amides is 1. The third kappa shape index (κ3) is 3.39. The molecular weight excluding hydrogens is 332 g/mol. The number of rotatable bonds is 4. The normalized spacial score (nSPS) is 13.4. The van der Waals surface area contributed by atoms with E-state index < -0.39 is 0 Å². The van der Waals surface area contributed by atoms with Crippen molar-refractivity contribution in [1.82, 2.24) is 15.3 Å². The molecule has 0 aliphatic carbocycles. The second-order valence-electron chi connectivity index (χ2n) is 5.90. The molecule has 0 radical (unpaired) electrons. The van der Waals surface area contributed by atoms with Crippen molar-refractivity contribution < 1.29 is 4.79 Å². The number of benzene rings is 1. The molecule has 4 rings (SSSR count). The zero-order valence-corrected chi connectivity index (χ0v) is 14.5. The molecule has 1 N–H and O–H groups in total. The van der Waals surface area contributed by atoms with Gasteiger partial charge < -0.3 is 10.2 Å². The van der Waals surface area contributed by atoms with Crippen LogP contribution in [0, 0.1) is 0 Å². The van der Waals surface area contributed by atoms with Crippen molar-refractivity contribution in [3.05, 3.63) is 70.3 Å². The number of para-hydroxylation sites is 1. The van der Waals surface area contributed by atoms with E-state index in [0.717, 1.165) is 36.5 Å². The van der Waals surface area contributed by atoms with E-state index >= 15 is 0 Å². The van der Waals surface area contributed by atoms with Crippen LogP contribution in [0.5, 0.6) is 0 Å². The van der Waals surface area contributed by atoms with E-state index in [1.807, 2.05) is 30.3 Å². The van der Waals surface area contributed by atoms with Gasteiger partial charge in [-0.2, -0.15) is 0 Å². The first-order valence-corrected chi connectivity index (χ1v) is 9.12. The molecule has 1 aliphatic rings. The zero-order valence-electron chi connectivity index (χ0n) is 13.7. The van der Waals surface area contributed by atoms with Gasteiger partial charge in [0.2, 0.25) is 0 Å². The Kier molecular flexibility index (Phi) is 4.43. The number of nitrogens with one attached hydrogen (secondary N) is 1. The van der Waals surface area contributed by atoms with Gasteiger partial charge in [0.15, 0.2) is 5.01 Å². The average molecular weight is 350 g/mol. The number of aryl methyl sites for hydroxylation is 1. The van der Waals surface area contributed by atoms with Crippen molar-refractivity contribution >= 4 is 28.7 Å². The Hall–Kier alpha value is -2.73. The maximum Gasteiger partial charge on any atom is 0.280 e. The van der Waals surface area contributed by atoms with E-state index in [1.54, 1.807) is 12.4 Å². The minimum Gasteiger partial charge on any atom is -0.346 e. The number of thiazole rings is 1. The van der Waals surface area contributed by atoms with Gasteiger partial charge in [-0.05, 0) is 36.6 Å². The van der Waals surface area contributed by atoms with E-state index in [0.29, 0.717) is 11.6 Å². The van der Waals surface area contributed by atoms with Gasteiger partial charge in [-0.1, -0.05) is 24.3 Å². The summed E-state index contributed by atoms with van der Waals surface area (Å²) in [5.41, 5.74) is 2.10. The van der Waals surface area contributed by atoms with Gasteiger partial charge in [0, 0.05) is 36.0 Å². The van der Waals surface area contributed by atoms with E-state index in [4.69, 9.17) is 0 Å². The zero-order chi connectivity index (χ0) is 17.1. The van der Waals surface area contributed by atoms with E-state index in [9.17, 15) is 4.79 Å². The van der Waals surface area contributed by atoms with E-state index in [2.05, 4.69) is 32.3 Å². The lowest BCUT2D eigenvalue weighted by Crippen LogP contribution is -2.25. The largest absolute Gasteiger partial charge is 0.346 e. The molecule has 1 amide bonds. The van der Waals surface area contributed by atoms with Crippen LogP contribution in [0.3, 0.4) is 0 Å². The van der Waals surface area contributed by atoms with Crippen LogP contribution in [-0.2, 0) is 13.0 Å². The molecule has 0 spiro atoms. The van der Waals surface area contributed by atoms with Crippen molar-refractivity contribution in [2.75, 3.05) is 11.4 Å². The van der Waals surface area contributed by atoms with Crippen molar-refractivity contribution in [3.63, 3.8) is 0 Å². The van der Waals surface area contributed by atoms with Gasteiger partial charge in [-0.25, -0.2) is 4.98 Å². The highest BCUT2D eigenvalue weighted by Crippen LogP contribution is 2.36. The van der Waals surface area contributed by atoms with Crippen LogP contribution in [0.4, 0.5) is 11.5 Å². The Morgan fingerprint density at radius 1 is 1.20 bits per heavy atom. The highest BCUT2D eigenvalue weighted by atomic mass is 32.1. The first kappa shape index (κ1) is 15.8. The molecule has 6 heteroatoms. The molecular formula is C19H18N4OS. The Bertz CT molecular complexity index is 864. The Morgan fingerprint density at radius 2 is 2.08 bits per heavy atom. The summed E-state index contributed by atoms with van der Waals surface area (Å²) in [5.74, 6) is 0.797. The maximum atomic E-state index is 12.5. The monoisotopic (exact) mass is 350 g/mol. The molecule has 1 aliphatic heterocycles. The summed E-state index contributed by atoms with van der Waals surface area (Å²) in [7, 11) is 0. The molecule has 0 bridgehead atoms. The molecule has 126 valence electrons. The van der Waals surface area contributed by atoms with Gasteiger partial charge in [0.05, 0.1) is 0 Å². The van der Waals surface area contributed by atoms with Gasteiger partial charge in [0.25, 0.3) is 5.91 Å². The van der Waals surface area contributed by atoms with Crippen LogP contribution in [0.2, 0.25) is 0 Å². The summed E-state index contributed by atoms with van der Waals surface area (Å²) in [5, 5.41) is 3.45. The number of pyridine rings is 1. The minimum absolute atomic E-state index is 0.128. The number of aromatic nitrogens is 2. The van der Waals surface area contributed by atoms with Crippen LogP contribution in [0.25, 0.3) is 0 Å². The molecule has 2 aromatic heterocycles. The van der Waals surface area contributed by atoms with Crippen molar-refractivity contribution in [2.24, 2.45) is 0 Å². The first-order chi connectivity index (χ1) is 12.3. The highest BCUT2D eigenvalue weighted by Gasteiger charge is 2.25. The molecule has 0 atom stereocenters. The lowest BCUT2D eigenvalue weighted by Gasteiger charge is -2.27. The summed E-state index contributed by atoms with van der Waals surface area (Å²) in [6.07, 6.45) is 5.52. The number of carbonyl (C=O) groups excluding carboxylic acids is 1. The van der Waals surface area contributed by atoms with E-state index in [1.165, 1.54) is 16.2 Å². The molecule has 0 saturated carbocycles. The lowest BCUT2D eigenvalue weighted by atomic mass is 10.1. The van der Waals surface area contributed by atoms with Gasteiger partial charge in [0.1, 0.15) is 5.82 Å². The van der Waals surface area contributed by atoms with Crippen LogP contribution in [-0.4, -0.2) is 22.4 Å². The Morgan fingerprint density at radius 3 is 2.88 bits per heavy atom. The molecule has 25 heavy (non-hydrogen) atoms. The summed E-state index contributed by atoms with van der Waals surface area (Å²) >= 11 is 1.50. The molecule has 3 heterocycles. The smallest absolute Gasteiger partial charge is 0.280 e. The van der Waals surface area contributed by atoms with Crippen LogP contribution < -0.4 is 10.2 Å². The lowest BCUT2D eigenvalue weighted by molar-refractivity contribution is 0.0950. The molecule has 0 unspecified atom stereocenters. The molecule has 0 fully saturated rings. The predicted octanol–water partition coefficient (Wildman–Crippen LogP) is 3.55. The number of fused-ring (bicyclic) bond motifs is 1. The third-order valence-corrected chi connectivity index (χ3v) is 5.26. The van der Waals surface area contributed by atoms with Gasteiger partial charge in [-0.15, -0.1) is 11.3 Å². The van der Waals surface area contributed by atoms with Crippen LogP contribution in [0.15, 0.2) is 54.9 Å². The number of hydrogen-bond acceptors (Lipinski definition) is 5. The maximum absolute atomic E-state index is 12.5. The third-order valence-electron chi connectivity index (χ3n) is 4.16. The fraction of sp³-hybridized carbons (Fsp3) is 0.211. The fourth-order valence-corrected chi connectivity index (χ4v) is 3.96. The molecule has 3 aromatic rings. The summed E-state index contributed by atoms with van der Waals surface area (Å²) in [6.45, 7) is 1.39. The van der Waals surface area contributed by atoms with Crippen molar-refractivity contribution in [3.8, 4) is 0 Å². The van der Waals surface area contributed by atoms with Crippen molar-refractivity contribution in [2.45, 2.75) is 19.4 Å². The summed E-state index contributed by atoms with van der Waals surface area (Å²) in [4.78, 5) is 24.6. The SMILES string of the molecule is O=C(NCc1cccnc1)c1nc2c(s1)CCCN2c1ccccc1. The fourth-order valence-electron chi connectivity index (χ4n) is 2.94. The summed E-state index contributed by atoms with van der Waals surface area (Å²) < 4.78 is 0. The predicted molar refractivity (Wildman–Crippen MR) is 99.3 cm³/mol. The minimum atomic E-state index is -0.128. The van der Waals surface area contributed by atoms with Crippen molar-refractivity contribution in [1.29, 1.82) is 0 Å². The standard InChI is InChI=1S/C19H18N4OS/c24-18(21-13-14-6-4-10-20-12-14)19-22-17-16(25-19)9-5-11-23(17)15-7-2-1-3-8-15/h1-4,6-8,10,12H,5,9,11,13H2,(H,21,24). The Balaban J connectivity index is 1.53. The number of carbonyl (C=O) groups is 1. The molecule has 1 aromatic carbocycles. The number of hydrogen-bond donors (Lipinski definition) is 1. The molecule has 5 nitrogen and oxygen atoms in total. The topological polar surface area (TPSA) is 58.1 Å². The molecule has 0 saturated heterocycles. The Labute approximate surface area is 150 Å². The van der Waals surface area contributed by atoms with Crippen LogP contribution >= 0.6 is 11.3 Å². The van der Waals surface area contributed by atoms with Gasteiger partial charge in [-0.3, -0.25) is 9.78 Å². The summed E-state index contributed by atoms with van der Waals surface area (Å²) in [6, 6.07) is 14.0. The van der Waals surface area contributed by atoms with E-state index in [-0.39, 0.29) is 5.91 Å². The number of nitrogens with zero attached hydrogens (tertiary/aromatic N) is 3. The average Bonchev–Trinajstić information content (AvgIpc) is 3.12. The highest BCUT2D eigenvalue weighted by molar-refractivity contribution is 7.14. The van der Waals surface area contributed by atoms with Gasteiger partial charge >= 0.3 is 0 Å². The van der Waals surface area contributed by atoms with Crippen LogP contribution in [0.1, 0.15) is 26.7 Å². The second-order valence-corrected chi connectivity index (χ2v) is 6.98. The second kappa shape index (κ2) is 7.03. The number of anilines is 2.